The molecule has 0 aliphatic heterocycles. The fourth-order valence-electron chi connectivity index (χ4n) is 2.59. The molecule has 7 heteroatoms. The monoisotopic (exact) mass is 379 g/mol. The van der Waals surface area contributed by atoms with Gasteiger partial charge in [-0.05, 0) is 37.3 Å². The summed E-state index contributed by atoms with van der Waals surface area (Å²) in [5.74, 6) is -1.20. The number of nitrogens with zero attached hydrogens (tertiary/aromatic N) is 2. The maximum atomic E-state index is 12.4. The van der Waals surface area contributed by atoms with Crippen LogP contribution >= 0.6 is 11.6 Å². The predicted molar refractivity (Wildman–Crippen MR) is 102 cm³/mol. The van der Waals surface area contributed by atoms with Crippen molar-refractivity contribution in [3.8, 4) is 6.07 Å². The number of nitrogens with one attached hydrogen (secondary N) is 1. The number of para-hydroxylation sites is 1. The van der Waals surface area contributed by atoms with Crippen LogP contribution in [0.15, 0.2) is 48.5 Å². The number of carbonyl (C=O) groups is 2. The molecule has 1 aromatic heterocycles. The maximum absolute atomic E-state index is 12.4. The first-order valence-corrected chi connectivity index (χ1v) is 8.39. The molecule has 1 amide bonds. The van der Waals surface area contributed by atoms with Crippen molar-refractivity contribution in [1.82, 2.24) is 4.98 Å². The van der Waals surface area contributed by atoms with Crippen LogP contribution in [0.4, 0.5) is 5.69 Å². The minimum atomic E-state index is -0.626. The number of rotatable bonds is 4. The number of fused-ring (bicyclic) bond motifs is 1. The standard InChI is InChI=1S/C20H14ClN3O3/c1-12-8-16(15-4-2-3-5-17(15)23-12)20(26)27-11-19(25)24-18-9-14(21)7-6-13(18)10-22/h2-9H,11H2,1H3,(H,24,25). The molecule has 0 spiro atoms. The Labute approximate surface area is 160 Å². The fraction of sp³-hybridized carbons (Fsp3) is 0.100. The smallest absolute Gasteiger partial charge is 0.339 e. The number of aromatic nitrogens is 1. The second-order valence-corrected chi connectivity index (χ2v) is 6.19. The van der Waals surface area contributed by atoms with Crippen LogP contribution in [-0.4, -0.2) is 23.5 Å². The van der Waals surface area contributed by atoms with Crippen LogP contribution < -0.4 is 5.32 Å². The van der Waals surface area contributed by atoms with Crippen molar-refractivity contribution in [3.05, 3.63) is 70.4 Å². The van der Waals surface area contributed by atoms with Gasteiger partial charge in [-0.15, -0.1) is 0 Å². The summed E-state index contributed by atoms with van der Waals surface area (Å²) in [5.41, 5.74) is 2.20. The van der Waals surface area contributed by atoms with E-state index in [2.05, 4.69) is 10.3 Å². The molecule has 0 atom stereocenters. The lowest BCUT2D eigenvalue weighted by atomic mass is 10.1. The molecule has 0 aliphatic carbocycles. The largest absolute Gasteiger partial charge is 0.452 e. The molecule has 0 fully saturated rings. The zero-order valence-electron chi connectivity index (χ0n) is 14.3. The molecule has 0 unspecified atom stereocenters. The lowest BCUT2D eigenvalue weighted by Crippen LogP contribution is -2.21. The highest BCUT2D eigenvalue weighted by molar-refractivity contribution is 6.31. The summed E-state index contributed by atoms with van der Waals surface area (Å²) in [5, 5.41) is 12.6. The molecular formula is C20H14ClN3O3. The average Bonchev–Trinajstić information content (AvgIpc) is 2.65. The van der Waals surface area contributed by atoms with Crippen LogP contribution in [0.25, 0.3) is 10.9 Å². The highest BCUT2D eigenvalue weighted by Gasteiger charge is 2.15. The Kier molecular flexibility index (Phi) is 5.34. The molecular weight excluding hydrogens is 366 g/mol. The summed E-state index contributed by atoms with van der Waals surface area (Å²) in [6.07, 6.45) is 0. The Morgan fingerprint density at radius 3 is 2.78 bits per heavy atom. The van der Waals surface area contributed by atoms with E-state index in [1.54, 1.807) is 37.3 Å². The molecule has 0 saturated heterocycles. The summed E-state index contributed by atoms with van der Waals surface area (Å²) in [6.45, 7) is 1.28. The van der Waals surface area contributed by atoms with Gasteiger partial charge in [0.2, 0.25) is 0 Å². The first-order valence-electron chi connectivity index (χ1n) is 8.01. The predicted octanol–water partition coefficient (Wildman–Crippen LogP) is 3.86. The molecule has 0 aliphatic rings. The minimum absolute atomic E-state index is 0.259. The van der Waals surface area contributed by atoms with E-state index in [0.29, 0.717) is 27.2 Å². The van der Waals surface area contributed by atoms with Crippen molar-refractivity contribution in [1.29, 1.82) is 5.26 Å². The SMILES string of the molecule is Cc1cc(C(=O)OCC(=O)Nc2cc(Cl)ccc2C#N)c2ccccc2n1. The van der Waals surface area contributed by atoms with Crippen LogP contribution in [0.3, 0.4) is 0 Å². The van der Waals surface area contributed by atoms with E-state index in [9.17, 15) is 9.59 Å². The van der Waals surface area contributed by atoms with Crippen molar-refractivity contribution in [2.75, 3.05) is 11.9 Å². The molecule has 1 N–H and O–H groups in total. The number of hydrogen-bond acceptors (Lipinski definition) is 5. The van der Waals surface area contributed by atoms with Crippen molar-refractivity contribution in [2.24, 2.45) is 0 Å². The quantitative estimate of drug-likeness (QED) is 0.695. The van der Waals surface area contributed by atoms with Gasteiger partial charge in [0.1, 0.15) is 6.07 Å². The number of carbonyl (C=O) groups excluding carboxylic acids is 2. The van der Waals surface area contributed by atoms with Gasteiger partial charge in [-0.2, -0.15) is 5.26 Å². The van der Waals surface area contributed by atoms with Gasteiger partial charge < -0.3 is 10.1 Å². The van der Waals surface area contributed by atoms with E-state index in [1.165, 1.54) is 12.1 Å². The molecule has 0 saturated carbocycles. The number of anilines is 1. The van der Waals surface area contributed by atoms with Gasteiger partial charge in [0.25, 0.3) is 5.91 Å². The third kappa shape index (κ3) is 4.22. The van der Waals surface area contributed by atoms with Gasteiger partial charge in [-0.3, -0.25) is 9.78 Å². The zero-order valence-corrected chi connectivity index (χ0v) is 15.1. The Bertz CT molecular complexity index is 1090. The summed E-state index contributed by atoms with van der Waals surface area (Å²) < 4.78 is 5.13. The van der Waals surface area contributed by atoms with Crippen molar-refractivity contribution in [3.63, 3.8) is 0 Å². The van der Waals surface area contributed by atoms with Gasteiger partial charge in [0.15, 0.2) is 6.61 Å². The van der Waals surface area contributed by atoms with Crippen molar-refractivity contribution in [2.45, 2.75) is 6.92 Å². The highest BCUT2D eigenvalue weighted by atomic mass is 35.5. The van der Waals surface area contributed by atoms with Gasteiger partial charge in [0, 0.05) is 16.1 Å². The van der Waals surface area contributed by atoms with E-state index in [1.807, 2.05) is 12.1 Å². The number of hydrogen-bond donors (Lipinski definition) is 1. The van der Waals surface area contributed by atoms with E-state index < -0.39 is 18.5 Å². The molecule has 3 aromatic rings. The second kappa shape index (κ2) is 7.85. The van der Waals surface area contributed by atoms with Crippen LogP contribution in [0.5, 0.6) is 0 Å². The van der Waals surface area contributed by atoms with E-state index in [4.69, 9.17) is 21.6 Å². The first-order chi connectivity index (χ1) is 13.0. The normalized spacial score (nSPS) is 10.3. The Hall–Kier alpha value is -3.43. The number of benzene rings is 2. The molecule has 134 valence electrons. The molecule has 3 rings (SSSR count). The lowest BCUT2D eigenvalue weighted by molar-refractivity contribution is -0.119. The summed E-state index contributed by atoms with van der Waals surface area (Å²) in [4.78, 5) is 28.9. The maximum Gasteiger partial charge on any atom is 0.339 e. The Morgan fingerprint density at radius 2 is 2.00 bits per heavy atom. The van der Waals surface area contributed by atoms with Crippen molar-refractivity contribution >= 4 is 40.1 Å². The zero-order chi connectivity index (χ0) is 19.4. The molecule has 6 nitrogen and oxygen atoms in total. The number of ether oxygens (including phenoxy) is 1. The Balaban J connectivity index is 1.72. The molecule has 0 radical (unpaired) electrons. The number of pyridine rings is 1. The highest BCUT2D eigenvalue weighted by Crippen LogP contribution is 2.21. The first kappa shape index (κ1) is 18.4. The van der Waals surface area contributed by atoms with Crippen LogP contribution in [0.2, 0.25) is 5.02 Å². The molecule has 2 aromatic carbocycles. The average molecular weight is 380 g/mol. The van der Waals surface area contributed by atoms with Gasteiger partial charge in [0.05, 0.1) is 22.3 Å². The second-order valence-electron chi connectivity index (χ2n) is 5.75. The van der Waals surface area contributed by atoms with Crippen molar-refractivity contribution < 1.29 is 14.3 Å². The van der Waals surface area contributed by atoms with E-state index in [-0.39, 0.29) is 11.3 Å². The minimum Gasteiger partial charge on any atom is -0.452 e. The molecule has 1 heterocycles. The number of halogens is 1. The van der Waals surface area contributed by atoms with Gasteiger partial charge in [-0.1, -0.05) is 29.8 Å². The number of aryl methyl sites for hydroxylation is 1. The van der Waals surface area contributed by atoms with Crippen LogP contribution in [-0.2, 0) is 9.53 Å². The third-order valence-corrected chi connectivity index (χ3v) is 4.01. The van der Waals surface area contributed by atoms with E-state index >= 15 is 0 Å². The third-order valence-electron chi connectivity index (χ3n) is 3.77. The Morgan fingerprint density at radius 1 is 1.22 bits per heavy atom. The van der Waals surface area contributed by atoms with Crippen LogP contribution in [0.1, 0.15) is 21.6 Å². The van der Waals surface area contributed by atoms with E-state index in [0.717, 1.165) is 0 Å². The molecule has 0 bridgehead atoms. The number of amides is 1. The number of esters is 1. The summed E-state index contributed by atoms with van der Waals surface area (Å²) >= 11 is 5.88. The fourth-order valence-corrected chi connectivity index (χ4v) is 2.76. The topological polar surface area (TPSA) is 92.1 Å². The van der Waals surface area contributed by atoms with Gasteiger partial charge >= 0.3 is 5.97 Å². The number of nitriles is 1. The van der Waals surface area contributed by atoms with Crippen LogP contribution in [0, 0.1) is 18.3 Å². The lowest BCUT2D eigenvalue weighted by Gasteiger charge is -2.10. The summed E-state index contributed by atoms with van der Waals surface area (Å²) in [6, 6.07) is 15.3. The summed E-state index contributed by atoms with van der Waals surface area (Å²) in [7, 11) is 0. The van der Waals surface area contributed by atoms with Gasteiger partial charge in [-0.25, -0.2) is 4.79 Å². The molecule has 27 heavy (non-hydrogen) atoms.